The molecule has 0 radical (unpaired) electrons. The maximum atomic E-state index is 12.0. The van der Waals surface area contributed by atoms with Crippen LogP contribution in [0, 0.1) is 0 Å². The quantitative estimate of drug-likeness (QED) is 0.866. The van der Waals surface area contributed by atoms with Gasteiger partial charge < -0.3 is 10.2 Å². The van der Waals surface area contributed by atoms with E-state index in [9.17, 15) is 9.59 Å². The molecule has 0 atom stereocenters. The molecule has 1 aromatic heterocycles. The molecular weight excluding hydrogens is 278 g/mol. The Kier molecular flexibility index (Phi) is 5.11. The highest BCUT2D eigenvalue weighted by Gasteiger charge is 2.19. The molecule has 0 aliphatic heterocycles. The summed E-state index contributed by atoms with van der Waals surface area (Å²) in [6.45, 7) is 5.92. The molecule has 0 aromatic carbocycles. The number of hydrogen-bond donors (Lipinski definition) is 1. The molecule has 1 N–H and O–H groups in total. The summed E-state index contributed by atoms with van der Waals surface area (Å²) < 4.78 is 0. The molecule has 0 bridgehead atoms. The number of carbonyl (C=O) groups is 2. The van der Waals surface area contributed by atoms with E-state index in [2.05, 4.69) is 10.3 Å². The highest BCUT2D eigenvalue weighted by Crippen LogP contribution is 2.23. The summed E-state index contributed by atoms with van der Waals surface area (Å²) in [4.78, 5) is 29.1. The summed E-state index contributed by atoms with van der Waals surface area (Å²) in [5.74, 6) is -0.510. The third-order valence-electron chi connectivity index (χ3n) is 2.72. The van der Waals surface area contributed by atoms with Crippen molar-refractivity contribution < 1.29 is 9.59 Å². The third kappa shape index (κ3) is 4.49. The van der Waals surface area contributed by atoms with E-state index in [0.717, 1.165) is 5.69 Å². The van der Waals surface area contributed by atoms with Crippen LogP contribution in [0.3, 0.4) is 0 Å². The fourth-order valence-electron chi connectivity index (χ4n) is 1.43. The van der Waals surface area contributed by atoms with Crippen LogP contribution in [0.25, 0.3) is 0 Å². The van der Waals surface area contributed by atoms with Crippen LogP contribution >= 0.6 is 11.6 Å². The second-order valence-electron chi connectivity index (χ2n) is 5.78. The fraction of sp³-hybridized carbons (Fsp3) is 0.500. The van der Waals surface area contributed by atoms with E-state index >= 15 is 0 Å². The van der Waals surface area contributed by atoms with Gasteiger partial charge in [-0.2, -0.15) is 0 Å². The minimum Gasteiger partial charge on any atom is -0.347 e. The minimum absolute atomic E-state index is 0.0450. The van der Waals surface area contributed by atoms with Crippen molar-refractivity contribution in [1.29, 1.82) is 0 Å². The van der Waals surface area contributed by atoms with Crippen LogP contribution in [0.4, 0.5) is 0 Å². The Morgan fingerprint density at radius 2 is 1.90 bits per heavy atom. The first-order valence-electron chi connectivity index (χ1n) is 6.27. The Hall–Kier alpha value is -1.62. The molecule has 6 heteroatoms. The van der Waals surface area contributed by atoms with Crippen molar-refractivity contribution in [3.8, 4) is 0 Å². The first-order chi connectivity index (χ1) is 9.11. The lowest BCUT2D eigenvalue weighted by atomic mass is 9.91. The molecule has 0 fully saturated rings. The molecule has 0 unspecified atom stereocenters. The van der Waals surface area contributed by atoms with Gasteiger partial charge in [0.25, 0.3) is 5.91 Å². The van der Waals surface area contributed by atoms with E-state index in [1.807, 2.05) is 20.8 Å². The maximum Gasteiger partial charge on any atom is 0.251 e. The molecule has 5 nitrogen and oxygen atoms in total. The number of halogens is 1. The van der Waals surface area contributed by atoms with Crippen LogP contribution in [-0.4, -0.2) is 42.3 Å². The number of likely N-dealkylation sites (N-methyl/N-ethyl adjacent to an activating group) is 1. The first kappa shape index (κ1) is 16.4. The second-order valence-corrected chi connectivity index (χ2v) is 6.17. The topological polar surface area (TPSA) is 62.3 Å². The van der Waals surface area contributed by atoms with Crippen LogP contribution in [0.15, 0.2) is 12.1 Å². The Bertz CT molecular complexity index is 522. The zero-order chi connectivity index (χ0) is 15.5. The number of aromatic nitrogens is 1. The van der Waals surface area contributed by atoms with Crippen LogP contribution in [0.2, 0.25) is 5.15 Å². The van der Waals surface area contributed by atoms with Gasteiger partial charge in [-0.05, 0) is 12.1 Å². The van der Waals surface area contributed by atoms with Crippen molar-refractivity contribution in [2.45, 2.75) is 26.2 Å². The number of nitrogens with one attached hydrogen (secondary N) is 1. The normalized spacial score (nSPS) is 11.1. The number of carbonyl (C=O) groups excluding carboxylic acids is 2. The monoisotopic (exact) mass is 297 g/mol. The molecule has 0 saturated carbocycles. The highest BCUT2D eigenvalue weighted by atomic mass is 35.5. The molecule has 0 aliphatic carbocycles. The largest absolute Gasteiger partial charge is 0.347 e. The van der Waals surface area contributed by atoms with Crippen LogP contribution in [-0.2, 0) is 10.2 Å². The maximum absolute atomic E-state index is 12.0. The summed E-state index contributed by atoms with van der Waals surface area (Å²) in [6, 6.07) is 3.19. The molecule has 1 rings (SSSR count). The lowest BCUT2D eigenvalue weighted by molar-refractivity contribution is -0.127. The summed E-state index contributed by atoms with van der Waals surface area (Å²) in [5, 5.41) is 2.83. The summed E-state index contributed by atoms with van der Waals surface area (Å²) in [6.07, 6.45) is 0. The van der Waals surface area contributed by atoms with Gasteiger partial charge in [-0.3, -0.25) is 9.59 Å². The molecule has 0 aliphatic rings. The first-order valence-corrected chi connectivity index (χ1v) is 6.65. The number of rotatable bonds is 3. The summed E-state index contributed by atoms with van der Waals surface area (Å²) >= 11 is 5.95. The van der Waals surface area contributed by atoms with Gasteiger partial charge in [-0.1, -0.05) is 32.4 Å². The summed E-state index contributed by atoms with van der Waals surface area (Å²) in [5.41, 5.74) is 0.926. The van der Waals surface area contributed by atoms with Crippen molar-refractivity contribution in [3.63, 3.8) is 0 Å². The highest BCUT2D eigenvalue weighted by molar-refractivity contribution is 6.29. The van der Waals surface area contributed by atoms with Gasteiger partial charge in [0.15, 0.2) is 0 Å². The molecule has 0 saturated heterocycles. The van der Waals surface area contributed by atoms with Crippen LogP contribution in [0.1, 0.15) is 36.8 Å². The van der Waals surface area contributed by atoms with Gasteiger partial charge in [-0.15, -0.1) is 0 Å². The van der Waals surface area contributed by atoms with Gasteiger partial charge in [-0.25, -0.2) is 4.98 Å². The van der Waals surface area contributed by atoms with Gasteiger partial charge in [0.2, 0.25) is 5.91 Å². The number of amides is 2. The van der Waals surface area contributed by atoms with Gasteiger partial charge in [0.05, 0.1) is 6.54 Å². The lowest BCUT2D eigenvalue weighted by Gasteiger charge is -2.19. The molecule has 1 aromatic rings. The zero-order valence-electron chi connectivity index (χ0n) is 12.5. The van der Waals surface area contributed by atoms with E-state index in [1.54, 1.807) is 20.2 Å². The van der Waals surface area contributed by atoms with Gasteiger partial charge in [0, 0.05) is 30.8 Å². The zero-order valence-corrected chi connectivity index (χ0v) is 13.2. The van der Waals surface area contributed by atoms with Gasteiger partial charge in [0.1, 0.15) is 5.15 Å². The van der Waals surface area contributed by atoms with E-state index < -0.39 is 0 Å². The van der Waals surface area contributed by atoms with Crippen molar-refractivity contribution in [1.82, 2.24) is 15.2 Å². The smallest absolute Gasteiger partial charge is 0.251 e. The number of hydrogen-bond acceptors (Lipinski definition) is 3. The number of pyridine rings is 1. The average Bonchev–Trinajstić information content (AvgIpc) is 2.33. The molecule has 0 spiro atoms. The Labute approximate surface area is 124 Å². The predicted octanol–water partition coefficient (Wildman–Crippen LogP) is 1.85. The van der Waals surface area contributed by atoms with Crippen molar-refractivity contribution >= 4 is 23.4 Å². The Balaban J connectivity index is 2.89. The molecule has 1 heterocycles. The second kappa shape index (κ2) is 6.22. The number of nitrogens with zero attached hydrogens (tertiary/aromatic N) is 2. The summed E-state index contributed by atoms with van der Waals surface area (Å²) in [7, 11) is 3.27. The van der Waals surface area contributed by atoms with Gasteiger partial charge >= 0.3 is 0 Å². The third-order valence-corrected chi connectivity index (χ3v) is 2.92. The Morgan fingerprint density at radius 3 is 2.40 bits per heavy atom. The van der Waals surface area contributed by atoms with E-state index in [4.69, 9.17) is 11.6 Å². The lowest BCUT2D eigenvalue weighted by Crippen LogP contribution is -2.36. The van der Waals surface area contributed by atoms with Crippen molar-refractivity contribution in [2.24, 2.45) is 0 Å². The van der Waals surface area contributed by atoms with E-state index in [-0.39, 0.29) is 28.9 Å². The standard InChI is InChI=1S/C14H20ClN3O2/c1-14(2,3)10-6-9(7-11(15)17-10)13(20)16-8-12(19)18(4)5/h6-7H,8H2,1-5H3,(H,16,20). The van der Waals surface area contributed by atoms with E-state index in [1.165, 1.54) is 11.0 Å². The van der Waals surface area contributed by atoms with Crippen molar-refractivity contribution in [2.75, 3.05) is 20.6 Å². The Morgan fingerprint density at radius 1 is 1.30 bits per heavy atom. The predicted molar refractivity (Wildman–Crippen MR) is 79.0 cm³/mol. The van der Waals surface area contributed by atoms with Crippen LogP contribution in [0.5, 0.6) is 0 Å². The molecular formula is C14H20ClN3O2. The molecule has 110 valence electrons. The average molecular weight is 298 g/mol. The van der Waals surface area contributed by atoms with E-state index in [0.29, 0.717) is 5.56 Å². The minimum atomic E-state index is -0.338. The SMILES string of the molecule is CN(C)C(=O)CNC(=O)c1cc(Cl)nc(C(C)(C)C)c1. The fourth-order valence-corrected chi connectivity index (χ4v) is 1.64. The van der Waals surface area contributed by atoms with Crippen LogP contribution < -0.4 is 5.32 Å². The van der Waals surface area contributed by atoms with Crippen molar-refractivity contribution in [3.05, 3.63) is 28.5 Å². The molecule has 2 amide bonds. The molecule has 20 heavy (non-hydrogen) atoms.